The van der Waals surface area contributed by atoms with E-state index in [4.69, 9.17) is 4.74 Å². The summed E-state index contributed by atoms with van der Waals surface area (Å²) in [4.78, 5) is 13.9. The lowest BCUT2D eigenvalue weighted by Gasteiger charge is -2.42. The van der Waals surface area contributed by atoms with Gasteiger partial charge in [-0.1, -0.05) is 17.7 Å². The van der Waals surface area contributed by atoms with Gasteiger partial charge < -0.3 is 15.0 Å². The van der Waals surface area contributed by atoms with E-state index in [0.29, 0.717) is 12.5 Å². The van der Waals surface area contributed by atoms with E-state index in [1.807, 2.05) is 0 Å². The summed E-state index contributed by atoms with van der Waals surface area (Å²) in [7, 11) is 1.44. The molecule has 104 valence electrons. The van der Waals surface area contributed by atoms with E-state index >= 15 is 0 Å². The Morgan fingerprint density at radius 2 is 2.05 bits per heavy atom. The molecular weight excluding hydrogens is 240 g/mol. The van der Waals surface area contributed by atoms with E-state index < -0.39 is 0 Å². The largest absolute Gasteiger partial charge is 0.469 e. The molecule has 0 saturated carbocycles. The highest BCUT2D eigenvalue weighted by Crippen LogP contribution is 2.24. The number of methoxy groups -OCH3 is 1. The first-order valence-corrected chi connectivity index (χ1v) is 6.74. The van der Waals surface area contributed by atoms with Crippen LogP contribution < -0.4 is 10.2 Å². The molecule has 1 saturated heterocycles. The van der Waals surface area contributed by atoms with Crippen molar-refractivity contribution in [2.75, 3.05) is 25.1 Å². The van der Waals surface area contributed by atoms with E-state index in [1.54, 1.807) is 0 Å². The summed E-state index contributed by atoms with van der Waals surface area (Å²) in [6.45, 7) is 6.01. The molecule has 0 aromatic heterocycles. The summed E-state index contributed by atoms with van der Waals surface area (Å²) in [5, 5.41) is 3.38. The molecule has 1 heterocycles. The molecule has 0 spiro atoms. The molecule has 0 amide bonds. The number of hydrogen-bond donors (Lipinski definition) is 1. The van der Waals surface area contributed by atoms with Crippen LogP contribution in [0.1, 0.15) is 18.9 Å². The average molecular weight is 262 g/mol. The molecule has 0 bridgehead atoms. The Kier molecular flexibility index (Phi) is 4.43. The molecule has 2 unspecified atom stereocenters. The molecule has 2 atom stereocenters. The zero-order valence-electron chi connectivity index (χ0n) is 11.8. The third kappa shape index (κ3) is 3.26. The van der Waals surface area contributed by atoms with Gasteiger partial charge in [-0.05, 0) is 26.0 Å². The SMILES string of the molecule is COC(=O)CC1CNCC(C)N1c1ccc(C)cc1. The van der Waals surface area contributed by atoms with Crippen molar-refractivity contribution >= 4 is 11.7 Å². The van der Waals surface area contributed by atoms with Crippen molar-refractivity contribution in [3.8, 4) is 0 Å². The summed E-state index contributed by atoms with van der Waals surface area (Å²) in [5.41, 5.74) is 2.42. The van der Waals surface area contributed by atoms with E-state index in [2.05, 4.69) is 48.3 Å². The van der Waals surface area contributed by atoms with Gasteiger partial charge >= 0.3 is 5.97 Å². The van der Waals surface area contributed by atoms with Crippen molar-refractivity contribution in [1.29, 1.82) is 0 Å². The third-order valence-corrected chi connectivity index (χ3v) is 3.65. The van der Waals surface area contributed by atoms with Gasteiger partial charge in [-0.2, -0.15) is 0 Å². The Hall–Kier alpha value is -1.55. The van der Waals surface area contributed by atoms with Crippen LogP contribution in [0.4, 0.5) is 5.69 Å². The maximum Gasteiger partial charge on any atom is 0.307 e. The van der Waals surface area contributed by atoms with Crippen LogP contribution in [0.15, 0.2) is 24.3 Å². The number of benzene rings is 1. The highest BCUT2D eigenvalue weighted by molar-refractivity contribution is 5.71. The lowest BCUT2D eigenvalue weighted by Crippen LogP contribution is -2.57. The predicted molar refractivity (Wildman–Crippen MR) is 76.4 cm³/mol. The molecule has 1 aromatic rings. The van der Waals surface area contributed by atoms with Gasteiger partial charge in [0.05, 0.1) is 19.6 Å². The molecule has 1 aromatic carbocycles. The number of ether oxygens (including phenoxy) is 1. The summed E-state index contributed by atoms with van der Waals surface area (Å²) in [6, 6.07) is 8.99. The number of aryl methyl sites for hydroxylation is 1. The number of nitrogens with zero attached hydrogens (tertiary/aromatic N) is 1. The molecule has 1 N–H and O–H groups in total. The van der Waals surface area contributed by atoms with Crippen molar-refractivity contribution in [3.63, 3.8) is 0 Å². The predicted octanol–water partition coefficient (Wildman–Crippen LogP) is 1.72. The van der Waals surface area contributed by atoms with Gasteiger partial charge in [0.25, 0.3) is 0 Å². The van der Waals surface area contributed by atoms with Crippen LogP contribution in [0.2, 0.25) is 0 Å². The van der Waals surface area contributed by atoms with Crippen molar-refractivity contribution in [2.24, 2.45) is 0 Å². The quantitative estimate of drug-likeness (QED) is 0.842. The zero-order valence-corrected chi connectivity index (χ0v) is 11.8. The minimum Gasteiger partial charge on any atom is -0.469 e. The van der Waals surface area contributed by atoms with Crippen LogP contribution in [0.3, 0.4) is 0 Å². The van der Waals surface area contributed by atoms with Gasteiger partial charge in [-0.15, -0.1) is 0 Å². The highest BCUT2D eigenvalue weighted by atomic mass is 16.5. The van der Waals surface area contributed by atoms with Crippen LogP contribution in [-0.4, -0.2) is 38.3 Å². The van der Waals surface area contributed by atoms with Crippen molar-refractivity contribution in [3.05, 3.63) is 29.8 Å². The number of rotatable bonds is 3. The topological polar surface area (TPSA) is 41.6 Å². The second-order valence-corrected chi connectivity index (χ2v) is 5.18. The molecule has 4 nitrogen and oxygen atoms in total. The molecule has 1 aliphatic heterocycles. The normalized spacial score (nSPS) is 23.2. The minimum absolute atomic E-state index is 0.152. The van der Waals surface area contributed by atoms with Crippen molar-refractivity contribution in [1.82, 2.24) is 5.32 Å². The molecular formula is C15H22N2O2. The number of hydrogen-bond acceptors (Lipinski definition) is 4. The monoisotopic (exact) mass is 262 g/mol. The van der Waals surface area contributed by atoms with E-state index in [0.717, 1.165) is 13.1 Å². The number of anilines is 1. The highest BCUT2D eigenvalue weighted by Gasteiger charge is 2.29. The maximum atomic E-state index is 11.5. The summed E-state index contributed by atoms with van der Waals surface area (Å²) in [6.07, 6.45) is 0.418. The van der Waals surface area contributed by atoms with Gasteiger partial charge in [0, 0.05) is 24.8 Å². The summed E-state index contributed by atoms with van der Waals surface area (Å²) in [5.74, 6) is -0.155. The number of nitrogens with one attached hydrogen (secondary N) is 1. The van der Waals surface area contributed by atoms with Crippen LogP contribution in [0.25, 0.3) is 0 Å². The first kappa shape index (κ1) is 13.9. The molecule has 2 rings (SSSR count). The molecule has 4 heteroatoms. The minimum atomic E-state index is -0.155. The fourth-order valence-electron chi connectivity index (χ4n) is 2.64. The van der Waals surface area contributed by atoms with Crippen LogP contribution in [-0.2, 0) is 9.53 Å². The lowest BCUT2D eigenvalue weighted by atomic mass is 10.0. The molecule has 1 aliphatic rings. The number of carbonyl (C=O) groups is 1. The van der Waals surface area contributed by atoms with Crippen LogP contribution in [0, 0.1) is 6.92 Å². The molecule has 0 radical (unpaired) electrons. The maximum absolute atomic E-state index is 11.5. The molecule has 0 aliphatic carbocycles. The van der Waals surface area contributed by atoms with Gasteiger partial charge in [-0.3, -0.25) is 4.79 Å². The Morgan fingerprint density at radius 1 is 1.37 bits per heavy atom. The Morgan fingerprint density at radius 3 is 2.68 bits per heavy atom. The van der Waals surface area contributed by atoms with Crippen molar-refractivity contribution < 1.29 is 9.53 Å². The smallest absolute Gasteiger partial charge is 0.307 e. The lowest BCUT2D eigenvalue weighted by molar-refractivity contribution is -0.141. The summed E-state index contributed by atoms with van der Waals surface area (Å²) >= 11 is 0. The number of carbonyl (C=O) groups excluding carboxylic acids is 1. The zero-order chi connectivity index (χ0) is 13.8. The summed E-state index contributed by atoms with van der Waals surface area (Å²) < 4.78 is 4.80. The van der Waals surface area contributed by atoms with Crippen LogP contribution >= 0.6 is 0 Å². The van der Waals surface area contributed by atoms with Gasteiger partial charge in [-0.25, -0.2) is 0 Å². The van der Waals surface area contributed by atoms with E-state index in [-0.39, 0.29) is 12.0 Å². The van der Waals surface area contributed by atoms with Gasteiger partial charge in [0.15, 0.2) is 0 Å². The van der Waals surface area contributed by atoms with Crippen molar-refractivity contribution in [2.45, 2.75) is 32.4 Å². The van der Waals surface area contributed by atoms with E-state index in [9.17, 15) is 4.79 Å². The number of esters is 1. The number of piperazine rings is 1. The Balaban J connectivity index is 2.20. The Bertz CT molecular complexity index is 430. The average Bonchev–Trinajstić information content (AvgIpc) is 2.40. The first-order chi connectivity index (χ1) is 9.11. The molecule has 19 heavy (non-hydrogen) atoms. The second kappa shape index (κ2) is 6.06. The van der Waals surface area contributed by atoms with E-state index in [1.165, 1.54) is 18.4 Å². The third-order valence-electron chi connectivity index (χ3n) is 3.65. The molecule has 1 fully saturated rings. The standard InChI is InChI=1S/C15H22N2O2/c1-11-4-6-13(7-5-11)17-12(2)9-16-10-14(17)8-15(18)19-3/h4-7,12,14,16H,8-10H2,1-3H3. The van der Waals surface area contributed by atoms with Gasteiger partial charge in [0.1, 0.15) is 0 Å². The second-order valence-electron chi connectivity index (χ2n) is 5.18. The van der Waals surface area contributed by atoms with Gasteiger partial charge in [0.2, 0.25) is 0 Å². The first-order valence-electron chi connectivity index (χ1n) is 6.74. The fourth-order valence-corrected chi connectivity index (χ4v) is 2.64. The van der Waals surface area contributed by atoms with Crippen LogP contribution in [0.5, 0.6) is 0 Å². The fraction of sp³-hybridized carbons (Fsp3) is 0.533. The Labute approximate surface area is 114 Å².